The maximum Gasteiger partial charge on any atom is 0.250 e. The second-order valence-corrected chi connectivity index (χ2v) is 12.4. The zero-order chi connectivity index (χ0) is 22.8. The Balaban J connectivity index is 1.11. The third-order valence-electron chi connectivity index (χ3n) is 7.57. The Kier molecular flexibility index (Phi) is 6.94. The van der Waals surface area contributed by atoms with Gasteiger partial charge in [-0.05, 0) is 54.8 Å². The molecule has 2 bridgehead atoms. The minimum Gasteiger partial charge on any atom is -0.495 e. The lowest BCUT2D eigenvalue weighted by Crippen LogP contribution is -2.59. The number of rotatable bonds is 8. The van der Waals surface area contributed by atoms with Crippen molar-refractivity contribution in [1.82, 2.24) is 14.5 Å². The standard InChI is InChI=1S/C24H34N4O3S2/c1-31-23-6-3-2-5-22(23)27-12-10-26(11-13-27)17-20-18-28-9-8-19(20)15-21(28)16-25-33(29,30)24-7-4-14-32-24/h2-7,14,19-21,25H,8-13,15-18H2,1H3/t19-,20-,21+/m0/s1. The average molecular weight is 491 g/mol. The van der Waals surface area contributed by atoms with E-state index >= 15 is 0 Å². The molecule has 1 aromatic heterocycles. The lowest BCUT2D eigenvalue weighted by atomic mass is 9.75. The summed E-state index contributed by atoms with van der Waals surface area (Å²) in [5, 5.41) is 1.81. The Labute approximate surface area is 201 Å². The molecule has 6 rings (SSSR count). The van der Waals surface area contributed by atoms with Gasteiger partial charge in [0.2, 0.25) is 10.0 Å². The van der Waals surface area contributed by atoms with Crippen LogP contribution in [0.15, 0.2) is 46.0 Å². The number of piperazine rings is 1. The van der Waals surface area contributed by atoms with E-state index in [1.54, 1.807) is 24.6 Å². The van der Waals surface area contributed by atoms with Gasteiger partial charge in [-0.15, -0.1) is 11.3 Å². The topological polar surface area (TPSA) is 65.1 Å². The molecule has 0 spiro atoms. The summed E-state index contributed by atoms with van der Waals surface area (Å²) in [5.41, 5.74) is 1.19. The average Bonchev–Trinajstić information content (AvgIpc) is 3.40. The Morgan fingerprint density at radius 1 is 1.09 bits per heavy atom. The van der Waals surface area contributed by atoms with Crippen LogP contribution in [-0.4, -0.2) is 83.7 Å². The molecule has 1 N–H and O–H groups in total. The number of para-hydroxylation sites is 2. The number of thiophene rings is 1. The lowest BCUT2D eigenvalue weighted by Gasteiger charge is -2.51. The maximum atomic E-state index is 12.5. The number of ether oxygens (including phenoxy) is 1. The number of benzene rings is 1. The summed E-state index contributed by atoms with van der Waals surface area (Å²) in [6.07, 6.45) is 2.33. The fourth-order valence-electron chi connectivity index (χ4n) is 5.76. The molecule has 4 fully saturated rings. The van der Waals surface area contributed by atoms with E-state index in [0.29, 0.717) is 28.6 Å². The van der Waals surface area contributed by atoms with E-state index in [9.17, 15) is 8.42 Å². The van der Waals surface area contributed by atoms with Gasteiger partial charge in [0.25, 0.3) is 0 Å². The van der Waals surface area contributed by atoms with Crippen molar-refractivity contribution >= 4 is 27.0 Å². The number of hydrogen-bond donors (Lipinski definition) is 1. The van der Waals surface area contributed by atoms with E-state index < -0.39 is 10.0 Å². The third-order valence-corrected chi connectivity index (χ3v) is 10.4. The first kappa shape index (κ1) is 23.1. The van der Waals surface area contributed by atoms with Crippen molar-refractivity contribution in [2.45, 2.75) is 23.1 Å². The SMILES string of the molecule is COc1ccccc1N1CCN(C[C@H]2CN3CC[C@H]2C[C@@H]3CNS(=O)(=O)c2cccs2)CC1. The first-order valence-corrected chi connectivity index (χ1v) is 14.3. The fourth-order valence-corrected chi connectivity index (χ4v) is 7.87. The van der Waals surface area contributed by atoms with Crippen molar-refractivity contribution in [3.8, 4) is 5.75 Å². The number of fused-ring (bicyclic) bond motifs is 3. The van der Waals surface area contributed by atoms with Gasteiger partial charge in [-0.25, -0.2) is 13.1 Å². The monoisotopic (exact) mass is 490 g/mol. The summed E-state index contributed by atoms with van der Waals surface area (Å²) in [4.78, 5) is 7.57. The molecular weight excluding hydrogens is 456 g/mol. The van der Waals surface area contributed by atoms with Gasteiger partial charge in [0, 0.05) is 51.9 Å². The smallest absolute Gasteiger partial charge is 0.250 e. The van der Waals surface area contributed by atoms with Crippen molar-refractivity contribution < 1.29 is 13.2 Å². The Morgan fingerprint density at radius 2 is 1.91 bits per heavy atom. The van der Waals surface area contributed by atoms with Gasteiger partial charge in [-0.2, -0.15) is 0 Å². The molecule has 2 aromatic rings. The highest BCUT2D eigenvalue weighted by atomic mass is 32.2. The second kappa shape index (κ2) is 9.92. The van der Waals surface area contributed by atoms with Crippen molar-refractivity contribution in [3.63, 3.8) is 0 Å². The number of anilines is 1. The van der Waals surface area contributed by atoms with E-state index in [-0.39, 0.29) is 0 Å². The molecule has 0 saturated carbocycles. The fraction of sp³-hybridized carbons (Fsp3) is 0.583. The number of nitrogens with zero attached hydrogens (tertiary/aromatic N) is 3. The molecule has 5 heterocycles. The van der Waals surface area contributed by atoms with Crippen molar-refractivity contribution in [2.75, 3.05) is 64.4 Å². The highest BCUT2D eigenvalue weighted by molar-refractivity contribution is 7.91. The Bertz CT molecular complexity index is 1020. The molecule has 4 atom stereocenters. The maximum absolute atomic E-state index is 12.5. The lowest BCUT2D eigenvalue weighted by molar-refractivity contribution is -0.0107. The van der Waals surface area contributed by atoms with Crippen LogP contribution in [0.4, 0.5) is 5.69 Å². The van der Waals surface area contributed by atoms with Gasteiger partial charge in [-0.1, -0.05) is 18.2 Å². The molecule has 1 unspecified atom stereocenters. The van der Waals surface area contributed by atoms with Gasteiger partial charge in [0.1, 0.15) is 9.96 Å². The van der Waals surface area contributed by atoms with Crippen LogP contribution in [0.25, 0.3) is 0 Å². The summed E-state index contributed by atoms with van der Waals surface area (Å²) >= 11 is 1.27. The molecule has 9 heteroatoms. The van der Waals surface area contributed by atoms with E-state index in [0.717, 1.165) is 58.0 Å². The van der Waals surface area contributed by atoms with E-state index in [1.807, 2.05) is 12.1 Å². The number of hydrogen-bond acceptors (Lipinski definition) is 7. The highest BCUT2D eigenvalue weighted by Gasteiger charge is 2.41. The summed E-state index contributed by atoms with van der Waals surface area (Å²) in [7, 11) is -1.64. The van der Waals surface area contributed by atoms with Crippen molar-refractivity contribution in [3.05, 3.63) is 41.8 Å². The molecular formula is C24H34N4O3S2. The Hall–Kier alpha value is -1.65. The Morgan fingerprint density at radius 3 is 2.61 bits per heavy atom. The van der Waals surface area contributed by atoms with E-state index in [2.05, 4.69) is 31.6 Å². The van der Waals surface area contributed by atoms with Gasteiger partial charge in [0.05, 0.1) is 12.8 Å². The number of nitrogens with one attached hydrogen (secondary N) is 1. The molecule has 0 amide bonds. The highest BCUT2D eigenvalue weighted by Crippen LogP contribution is 2.37. The van der Waals surface area contributed by atoms with Crippen molar-refractivity contribution in [2.24, 2.45) is 11.8 Å². The van der Waals surface area contributed by atoms with Crippen LogP contribution in [0.3, 0.4) is 0 Å². The minimum absolute atomic E-state index is 0.317. The predicted molar refractivity (Wildman–Crippen MR) is 133 cm³/mol. The predicted octanol–water partition coefficient (Wildman–Crippen LogP) is 2.57. The molecule has 33 heavy (non-hydrogen) atoms. The van der Waals surface area contributed by atoms with Crippen molar-refractivity contribution in [1.29, 1.82) is 0 Å². The second-order valence-electron chi connectivity index (χ2n) is 9.44. The summed E-state index contributed by atoms with van der Waals surface area (Å²) < 4.78 is 33.8. The van der Waals surface area contributed by atoms with Gasteiger partial charge < -0.3 is 9.64 Å². The first-order valence-electron chi connectivity index (χ1n) is 11.9. The molecule has 4 aliphatic rings. The van der Waals surface area contributed by atoms with Gasteiger partial charge in [-0.3, -0.25) is 9.80 Å². The molecule has 1 aromatic carbocycles. The molecule has 7 nitrogen and oxygen atoms in total. The van der Waals surface area contributed by atoms with Gasteiger partial charge in [0.15, 0.2) is 0 Å². The zero-order valence-electron chi connectivity index (χ0n) is 19.2. The summed E-state index contributed by atoms with van der Waals surface area (Å²) in [6.45, 7) is 8.03. The van der Waals surface area contributed by atoms with Crippen LogP contribution < -0.4 is 14.4 Å². The third kappa shape index (κ3) is 5.07. The van der Waals surface area contributed by atoms with Crippen LogP contribution >= 0.6 is 11.3 Å². The van der Waals surface area contributed by atoms with Crippen LogP contribution in [-0.2, 0) is 10.0 Å². The van der Waals surface area contributed by atoms with Crippen LogP contribution in [0.5, 0.6) is 5.75 Å². The first-order chi connectivity index (χ1) is 16.0. The number of methoxy groups -OCH3 is 1. The van der Waals surface area contributed by atoms with E-state index in [1.165, 1.54) is 23.4 Å². The molecule has 4 saturated heterocycles. The largest absolute Gasteiger partial charge is 0.495 e. The zero-order valence-corrected chi connectivity index (χ0v) is 20.9. The molecule has 4 aliphatic heterocycles. The number of sulfonamides is 1. The van der Waals surface area contributed by atoms with E-state index in [4.69, 9.17) is 4.74 Å². The summed E-state index contributed by atoms with van der Waals surface area (Å²) in [6, 6.07) is 12.1. The van der Waals surface area contributed by atoms with Gasteiger partial charge >= 0.3 is 0 Å². The minimum atomic E-state index is -3.38. The molecule has 0 aliphatic carbocycles. The summed E-state index contributed by atoms with van der Waals surface area (Å²) in [5.74, 6) is 2.32. The van der Waals surface area contributed by atoms with Crippen LogP contribution in [0.1, 0.15) is 12.8 Å². The normalized spacial score (nSPS) is 28.2. The molecule has 180 valence electrons. The molecule has 0 radical (unpaired) electrons. The quantitative estimate of drug-likeness (QED) is 0.614. The van der Waals surface area contributed by atoms with Crippen LogP contribution in [0, 0.1) is 11.8 Å². The number of piperidine rings is 3. The van der Waals surface area contributed by atoms with Crippen LogP contribution in [0.2, 0.25) is 0 Å².